The summed E-state index contributed by atoms with van der Waals surface area (Å²) in [6, 6.07) is 2.13. The van der Waals surface area contributed by atoms with Crippen molar-refractivity contribution in [3.63, 3.8) is 0 Å². The first-order valence-electron chi connectivity index (χ1n) is 6.11. The van der Waals surface area contributed by atoms with E-state index in [2.05, 4.69) is 30.2 Å². The first-order chi connectivity index (χ1) is 7.83. The van der Waals surface area contributed by atoms with Gasteiger partial charge in [0.05, 0.1) is 23.9 Å². The highest BCUT2D eigenvalue weighted by atomic mass is 15.4. The highest BCUT2D eigenvalue weighted by molar-refractivity contribution is 5.13. The van der Waals surface area contributed by atoms with Crippen molar-refractivity contribution in [3.8, 4) is 6.07 Å². The van der Waals surface area contributed by atoms with E-state index in [1.807, 2.05) is 4.68 Å². The molecule has 0 saturated carbocycles. The van der Waals surface area contributed by atoms with Gasteiger partial charge in [0.1, 0.15) is 0 Å². The molecule has 4 heteroatoms. The van der Waals surface area contributed by atoms with E-state index >= 15 is 0 Å². The predicted octanol–water partition coefficient (Wildman–Crippen LogP) is 2.49. The molecule has 16 heavy (non-hydrogen) atoms. The van der Waals surface area contributed by atoms with Crippen LogP contribution in [0, 0.1) is 11.3 Å². The Labute approximate surface area is 97.3 Å². The molecule has 1 rings (SSSR count). The Morgan fingerprint density at radius 2 is 2.06 bits per heavy atom. The van der Waals surface area contributed by atoms with Gasteiger partial charge in [-0.2, -0.15) is 5.26 Å². The zero-order valence-corrected chi connectivity index (χ0v) is 10.2. The average molecular weight is 220 g/mol. The summed E-state index contributed by atoms with van der Waals surface area (Å²) in [5.41, 5.74) is 1.97. The van der Waals surface area contributed by atoms with Crippen molar-refractivity contribution in [3.05, 3.63) is 11.4 Å². The SMILES string of the molecule is CCCCCCn1nnc(CC#N)c1CC. The van der Waals surface area contributed by atoms with Gasteiger partial charge in [-0.1, -0.05) is 38.3 Å². The van der Waals surface area contributed by atoms with E-state index in [1.54, 1.807) is 0 Å². The van der Waals surface area contributed by atoms with E-state index in [0.717, 1.165) is 30.8 Å². The minimum absolute atomic E-state index is 0.373. The second-order valence-corrected chi connectivity index (χ2v) is 3.96. The Morgan fingerprint density at radius 3 is 2.69 bits per heavy atom. The number of rotatable bonds is 7. The molecule has 0 saturated heterocycles. The monoisotopic (exact) mass is 220 g/mol. The molecule has 1 aromatic rings. The minimum atomic E-state index is 0.373. The third-order valence-electron chi connectivity index (χ3n) is 2.72. The molecule has 4 nitrogen and oxygen atoms in total. The minimum Gasteiger partial charge on any atom is -0.249 e. The number of aryl methyl sites for hydroxylation is 1. The summed E-state index contributed by atoms with van der Waals surface area (Å²) >= 11 is 0. The summed E-state index contributed by atoms with van der Waals surface area (Å²) in [6.07, 6.45) is 6.19. The van der Waals surface area contributed by atoms with Gasteiger partial charge in [-0.05, 0) is 12.8 Å². The van der Waals surface area contributed by atoms with Crippen LogP contribution < -0.4 is 0 Å². The largest absolute Gasteiger partial charge is 0.249 e. The quantitative estimate of drug-likeness (QED) is 0.663. The highest BCUT2D eigenvalue weighted by Gasteiger charge is 2.09. The lowest BCUT2D eigenvalue weighted by molar-refractivity contribution is 0.513. The summed E-state index contributed by atoms with van der Waals surface area (Å²) in [5.74, 6) is 0. The molecule has 0 fully saturated rings. The molecule has 0 unspecified atom stereocenters. The lowest BCUT2D eigenvalue weighted by atomic mass is 10.2. The van der Waals surface area contributed by atoms with Gasteiger partial charge in [0.2, 0.25) is 0 Å². The van der Waals surface area contributed by atoms with Crippen LogP contribution in [0.5, 0.6) is 0 Å². The van der Waals surface area contributed by atoms with E-state index in [0.29, 0.717) is 6.42 Å². The normalized spacial score (nSPS) is 10.3. The lowest BCUT2D eigenvalue weighted by Crippen LogP contribution is -2.05. The van der Waals surface area contributed by atoms with Gasteiger partial charge >= 0.3 is 0 Å². The molecule has 0 atom stereocenters. The summed E-state index contributed by atoms with van der Waals surface area (Å²) in [4.78, 5) is 0. The number of nitriles is 1. The molecule has 0 spiro atoms. The van der Waals surface area contributed by atoms with Crippen molar-refractivity contribution in [1.29, 1.82) is 5.26 Å². The molecule has 0 bridgehead atoms. The predicted molar refractivity (Wildman–Crippen MR) is 62.9 cm³/mol. The molecule has 0 aliphatic heterocycles. The van der Waals surface area contributed by atoms with E-state index < -0.39 is 0 Å². The molecule has 0 aliphatic carbocycles. The molecule has 0 amide bonds. The molecular formula is C12H20N4. The molecule has 0 aliphatic rings. The zero-order valence-electron chi connectivity index (χ0n) is 10.2. The molecule has 1 heterocycles. The molecule has 0 radical (unpaired) electrons. The fourth-order valence-electron chi connectivity index (χ4n) is 1.84. The van der Waals surface area contributed by atoms with Crippen molar-refractivity contribution in [2.75, 3.05) is 0 Å². The van der Waals surface area contributed by atoms with Crippen LogP contribution in [0.1, 0.15) is 50.9 Å². The smallest absolute Gasteiger partial charge is 0.0999 e. The van der Waals surface area contributed by atoms with Crippen LogP contribution in [0.4, 0.5) is 0 Å². The Kier molecular flexibility index (Phi) is 5.55. The fraction of sp³-hybridized carbons (Fsp3) is 0.750. The standard InChI is InChI=1S/C12H20N4/c1-3-5-6-7-10-16-12(4-2)11(8-9-13)14-15-16/h3-8,10H2,1-2H3. The lowest BCUT2D eigenvalue weighted by Gasteiger charge is -2.04. The van der Waals surface area contributed by atoms with Crippen LogP contribution in [-0.4, -0.2) is 15.0 Å². The first-order valence-corrected chi connectivity index (χ1v) is 6.11. The summed E-state index contributed by atoms with van der Waals surface area (Å²) in [5, 5.41) is 16.9. The van der Waals surface area contributed by atoms with Gasteiger partial charge in [0.15, 0.2) is 0 Å². The van der Waals surface area contributed by atoms with Crippen LogP contribution >= 0.6 is 0 Å². The van der Waals surface area contributed by atoms with E-state index in [1.165, 1.54) is 19.3 Å². The average Bonchev–Trinajstić information content (AvgIpc) is 2.67. The summed E-state index contributed by atoms with van der Waals surface area (Å²) in [6.45, 7) is 5.22. The second-order valence-electron chi connectivity index (χ2n) is 3.96. The Balaban J connectivity index is 2.55. The Morgan fingerprint density at radius 1 is 1.25 bits per heavy atom. The summed E-state index contributed by atoms with van der Waals surface area (Å²) in [7, 11) is 0. The first kappa shape index (κ1) is 12.7. The topological polar surface area (TPSA) is 54.5 Å². The Bertz CT molecular complexity index is 348. The number of nitrogens with zero attached hydrogens (tertiary/aromatic N) is 4. The maximum Gasteiger partial charge on any atom is 0.0999 e. The van der Waals surface area contributed by atoms with E-state index in [4.69, 9.17) is 5.26 Å². The van der Waals surface area contributed by atoms with Crippen LogP contribution in [-0.2, 0) is 19.4 Å². The van der Waals surface area contributed by atoms with Gasteiger partial charge < -0.3 is 0 Å². The fourth-order valence-corrected chi connectivity index (χ4v) is 1.84. The van der Waals surface area contributed by atoms with Gasteiger partial charge in [-0.3, -0.25) is 0 Å². The maximum absolute atomic E-state index is 8.67. The molecule has 0 aromatic carbocycles. The van der Waals surface area contributed by atoms with Crippen molar-refractivity contribution < 1.29 is 0 Å². The van der Waals surface area contributed by atoms with Crippen molar-refractivity contribution in [2.45, 2.75) is 58.9 Å². The van der Waals surface area contributed by atoms with Crippen LogP contribution in [0.25, 0.3) is 0 Å². The molecule has 1 aromatic heterocycles. The Hall–Kier alpha value is -1.37. The molecule has 88 valence electrons. The summed E-state index contributed by atoms with van der Waals surface area (Å²) < 4.78 is 1.96. The van der Waals surface area contributed by atoms with E-state index in [9.17, 15) is 0 Å². The van der Waals surface area contributed by atoms with E-state index in [-0.39, 0.29) is 0 Å². The van der Waals surface area contributed by atoms with Gasteiger partial charge in [-0.15, -0.1) is 5.10 Å². The van der Waals surface area contributed by atoms with Gasteiger partial charge in [0.25, 0.3) is 0 Å². The number of hydrogen-bond acceptors (Lipinski definition) is 3. The van der Waals surface area contributed by atoms with Crippen molar-refractivity contribution in [1.82, 2.24) is 15.0 Å². The number of hydrogen-bond donors (Lipinski definition) is 0. The second kappa shape index (κ2) is 7.00. The van der Waals surface area contributed by atoms with Crippen molar-refractivity contribution >= 4 is 0 Å². The number of unbranched alkanes of at least 4 members (excludes halogenated alkanes) is 3. The van der Waals surface area contributed by atoms with Gasteiger partial charge in [-0.25, -0.2) is 4.68 Å². The zero-order chi connectivity index (χ0) is 11.8. The third kappa shape index (κ3) is 3.34. The van der Waals surface area contributed by atoms with Crippen molar-refractivity contribution in [2.24, 2.45) is 0 Å². The van der Waals surface area contributed by atoms with Crippen LogP contribution in [0.3, 0.4) is 0 Å². The highest BCUT2D eigenvalue weighted by Crippen LogP contribution is 2.09. The van der Waals surface area contributed by atoms with Gasteiger partial charge in [0, 0.05) is 6.54 Å². The molecule has 0 N–H and O–H groups in total. The molecular weight excluding hydrogens is 200 g/mol. The van der Waals surface area contributed by atoms with Crippen LogP contribution in [0.15, 0.2) is 0 Å². The van der Waals surface area contributed by atoms with Crippen LogP contribution in [0.2, 0.25) is 0 Å². The number of aromatic nitrogens is 3. The third-order valence-corrected chi connectivity index (χ3v) is 2.72. The maximum atomic E-state index is 8.67.